The van der Waals surface area contributed by atoms with E-state index in [9.17, 15) is 9.59 Å². The number of nitrogens with zero attached hydrogens (tertiary/aromatic N) is 1. The van der Waals surface area contributed by atoms with Gasteiger partial charge in [0.05, 0.1) is 0 Å². The summed E-state index contributed by atoms with van der Waals surface area (Å²) in [6, 6.07) is 1.97. The second-order valence-electron chi connectivity index (χ2n) is 6.08. The van der Waals surface area contributed by atoms with E-state index in [2.05, 4.69) is 0 Å². The van der Waals surface area contributed by atoms with Gasteiger partial charge in [-0.3, -0.25) is 9.59 Å². The van der Waals surface area contributed by atoms with E-state index < -0.39 is 0 Å². The van der Waals surface area contributed by atoms with E-state index in [0.29, 0.717) is 12.4 Å². The number of ether oxygens (including phenoxy) is 2. The van der Waals surface area contributed by atoms with Crippen LogP contribution in [0.5, 0.6) is 11.5 Å². The molecular formula is C19H27NO4. The fourth-order valence-corrected chi connectivity index (χ4v) is 2.41. The first-order chi connectivity index (χ1) is 11.1. The molecular weight excluding hydrogens is 306 g/mol. The molecule has 1 amide bonds. The highest BCUT2D eigenvalue weighted by atomic mass is 16.5. The molecule has 0 atom stereocenters. The van der Waals surface area contributed by atoms with E-state index in [1.165, 1.54) is 13.8 Å². The Morgan fingerprint density at radius 1 is 1.17 bits per heavy atom. The number of amides is 1. The fraction of sp³-hybridized carbons (Fsp3) is 0.474. The number of carbonyl (C=O) groups excluding carboxylic acids is 2. The van der Waals surface area contributed by atoms with Gasteiger partial charge in [0.1, 0.15) is 18.1 Å². The van der Waals surface area contributed by atoms with Gasteiger partial charge in [-0.25, -0.2) is 0 Å². The van der Waals surface area contributed by atoms with Gasteiger partial charge in [-0.05, 0) is 63.5 Å². The summed E-state index contributed by atoms with van der Waals surface area (Å²) in [6.45, 7) is 12.9. The first-order valence-corrected chi connectivity index (χ1v) is 8.02. The molecule has 0 aromatic heterocycles. The monoisotopic (exact) mass is 333 g/mol. The van der Waals surface area contributed by atoms with Crippen LogP contribution in [0.15, 0.2) is 18.3 Å². The molecule has 132 valence electrons. The van der Waals surface area contributed by atoms with Crippen molar-refractivity contribution < 1.29 is 19.1 Å². The molecule has 0 saturated heterocycles. The minimum atomic E-state index is -0.338. The normalized spacial score (nSPS) is 11.0. The molecule has 5 nitrogen and oxygen atoms in total. The Morgan fingerprint density at radius 2 is 1.79 bits per heavy atom. The van der Waals surface area contributed by atoms with Gasteiger partial charge in [0.2, 0.25) is 5.91 Å². The number of esters is 1. The number of rotatable bonds is 6. The molecule has 0 spiro atoms. The molecule has 0 aliphatic carbocycles. The first-order valence-electron chi connectivity index (χ1n) is 8.02. The minimum Gasteiger partial charge on any atom is -0.489 e. The summed E-state index contributed by atoms with van der Waals surface area (Å²) in [5, 5.41) is 0. The number of benzene rings is 1. The molecule has 0 unspecified atom stereocenters. The van der Waals surface area contributed by atoms with Gasteiger partial charge in [0.25, 0.3) is 0 Å². The van der Waals surface area contributed by atoms with Crippen molar-refractivity contribution in [3.8, 4) is 11.5 Å². The van der Waals surface area contributed by atoms with Crippen molar-refractivity contribution in [2.75, 3.05) is 6.61 Å². The summed E-state index contributed by atoms with van der Waals surface area (Å²) >= 11 is 0. The topological polar surface area (TPSA) is 55.8 Å². The molecule has 24 heavy (non-hydrogen) atoms. The van der Waals surface area contributed by atoms with Gasteiger partial charge >= 0.3 is 5.97 Å². The molecule has 0 fully saturated rings. The van der Waals surface area contributed by atoms with Crippen molar-refractivity contribution in [2.24, 2.45) is 0 Å². The number of aryl methyl sites for hydroxylation is 1. The standard InChI is InChI=1S/C19H27NO4/c1-12(2)20(16(6)21)9-8-10-23-18-11-13(3)19(24-17(7)22)15(5)14(18)4/h8-9,11-12H,10H2,1-7H3/b9-8+. The van der Waals surface area contributed by atoms with E-state index >= 15 is 0 Å². The molecule has 0 saturated carbocycles. The minimum absolute atomic E-state index is 0.00476. The SMILES string of the molecule is CC(=O)Oc1c(C)cc(OC/C=C/N(C(C)=O)C(C)C)c(C)c1C. The van der Waals surface area contributed by atoms with Crippen LogP contribution in [0.1, 0.15) is 44.4 Å². The summed E-state index contributed by atoms with van der Waals surface area (Å²) in [5.41, 5.74) is 2.66. The Hall–Kier alpha value is -2.30. The van der Waals surface area contributed by atoms with Gasteiger partial charge in [-0.15, -0.1) is 0 Å². The predicted molar refractivity (Wildman–Crippen MR) is 94.3 cm³/mol. The molecule has 0 N–H and O–H groups in total. The van der Waals surface area contributed by atoms with E-state index in [-0.39, 0.29) is 17.9 Å². The van der Waals surface area contributed by atoms with Crippen LogP contribution in [0.3, 0.4) is 0 Å². The predicted octanol–water partition coefficient (Wildman–Crippen LogP) is 3.69. The zero-order valence-electron chi connectivity index (χ0n) is 15.6. The van der Waals surface area contributed by atoms with Crippen LogP contribution >= 0.6 is 0 Å². The molecule has 1 rings (SSSR count). The van der Waals surface area contributed by atoms with E-state index in [4.69, 9.17) is 9.47 Å². The average Bonchev–Trinajstić information content (AvgIpc) is 2.47. The number of carbonyl (C=O) groups is 2. The second-order valence-corrected chi connectivity index (χ2v) is 6.08. The van der Waals surface area contributed by atoms with Crippen LogP contribution in [-0.2, 0) is 9.59 Å². The Morgan fingerprint density at radius 3 is 2.29 bits per heavy atom. The van der Waals surface area contributed by atoms with Crippen molar-refractivity contribution in [3.05, 3.63) is 35.0 Å². The lowest BCUT2D eigenvalue weighted by molar-refractivity contribution is -0.132. The largest absolute Gasteiger partial charge is 0.489 e. The van der Waals surface area contributed by atoms with Crippen molar-refractivity contribution in [2.45, 2.75) is 54.5 Å². The highest BCUT2D eigenvalue weighted by Gasteiger charge is 2.14. The third kappa shape index (κ3) is 5.11. The summed E-state index contributed by atoms with van der Waals surface area (Å²) in [7, 11) is 0. The van der Waals surface area contributed by atoms with Crippen molar-refractivity contribution in [1.82, 2.24) is 4.90 Å². The Labute approximate surface area is 144 Å². The molecule has 1 aromatic carbocycles. The molecule has 0 aliphatic heterocycles. The van der Waals surface area contributed by atoms with Crippen molar-refractivity contribution in [1.29, 1.82) is 0 Å². The Balaban J connectivity index is 2.86. The van der Waals surface area contributed by atoms with Crippen LogP contribution in [0.2, 0.25) is 0 Å². The molecule has 0 heterocycles. The van der Waals surface area contributed by atoms with Gasteiger partial charge in [0.15, 0.2) is 0 Å². The van der Waals surface area contributed by atoms with Crippen LogP contribution in [0.25, 0.3) is 0 Å². The molecule has 0 bridgehead atoms. The van der Waals surface area contributed by atoms with Gasteiger partial charge in [-0.2, -0.15) is 0 Å². The van der Waals surface area contributed by atoms with Crippen LogP contribution in [0, 0.1) is 20.8 Å². The van der Waals surface area contributed by atoms with Gasteiger partial charge < -0.3 is 14.4 Å². The summed E-state index contributed by atoms with van der Waals surface area (Å²) < 4.78 is 11.1. The zero-order chi connectivity index (χ0) is 18.4. The van der Waals surface area contributed by atoms with Crippen LogP contribution in [-0.4, -0.2) is 29.4 Å². The number of hydrogen-bond acceptors (Lipinski definition) is 4. The van der Waals surface area contributed by atoms with Gasteiger partial charge in [-0.1, -0.05) is 0 Å². The zero-order valence-corrected chi connectivity index (χ0v) is 15.6. The van der Waals surface area contributed by atoms with Crippen LogP contribution in [0.4, 0.5) is 0 Å². The molecule has 1 aromatic rings. The van der Waals surface area contributed by atoms with E-state index in [1.807, 2.05) is 46.8 Å². The molecule has 5 heteroatoms. The quantitative estimate of drug-likeness (QED) is 0.588. The maximum atomic E-state index is 11.5. The van der Waals surface area contributed by atoms with Gasteiger partial charge in [0, 0.05) is 26.1 Å². The van der Waals surface area contributed by atoms with Crippen molar-refractivity contribution >= 4 is 11.9 Å². The lowest BCUT2D eigenvalue weighted by Gasteiger charge is -2.20. The maximum absolute atomic E-state index is 11.5. The smallest absolute Gasteiger partial charge is 0.308 e. The average molecular weight is 333 g/mol. The van der Waals surface area contributed by atoms with E-state index in [1.54, 1.807) is 11.1 Å². The lowest BCUT2D eigenvalue weighted by atomic mass is 10.0. The highest BCUT2D eigenvalue weighted by molar-refractivity contribution is 5.74. The highest BCUT2D eigenvalue weighted by Crippen LogP contribution is 2.33. The molecule has 0 radical (unpaired) electrons. The summed E-state index contributed by atoms with van der Waals surface area (Å²) in [6.07, 6.45) is 3.56. The second kappa shape index (κ2) is 8.52. The maximum Gasteiger partial charge on any atom is 0.308 e. The number of hydrogen-bond donors (Lipinski definition) is 0. The van der Waals surface area contributed by atoms with E-state index in [0.717, 1.165) is 22.4 Å². The van der Waals surface area contributed by atoms with Crippen LogP contribution < -0.4 is 9.47 Å². The third-order valence-corrected chi connectivity index (χ3v) is 3.75. The fourth-order valence-electron chi connectivity index (χ4n) is 2.41. The summed E-state index contributed by atoms with van der Waals surface area (Å²) in [5.74, 6) is 0.986. The summed E-state index contributed by atoms with van der Waals surface area (Å²) in [4.78, 5) is 24.4. The Bertz CT molecular complexity index is 647. The van der Waals surface area contributed by atoms with Crippen molar-refractivity contribution in [3.63, 3.8) is 0 Å². The first kappa shape index (κ1) is 19.7. The third-order valence-electron chi connectivity index (χ3n) is 3.75. The lowest BCUT2D eigenvalue weighted by Crippen LogP contribution is -2.29. The Kier molecular flexibility index (Phi) is 7.01. The molecule has 0 aliphatic rings.